The molecule has 0 amide bonds. The summed E-state index contributed by atoms with van der Waals surface area (Å²) in [6.45, 7) is 0.931. The highest BCUT2D eigenvalue weighted by molar-refractivity contribution is 9.09. The number of hydrogen-bond acceptors (Lipinski definition) is 2. The second-order valence-corrected chi connectivity index (χ2v) is 3.52. The van der Waals surface area contributed by atoms with Crippen molar-refractivity contribution in [2.45, 2.75) is 6.10 Å². The Hall–Kier alpha value is 0.790. The molecule has 0 spiro atoms. The first-order chi connectivity index (χ1) is 3.93. The smallest absolute Gasteiger partial charge is 0.0762 e. The quantitative estimate of drug-likeness (QED) is 0.589. The molecule has 1 saturated heterocycles. The van der Waals surface area contributed by atoms with Crippen LogP contribution >= 0.6 is 27.7 Å². The number of hydrogen-bond donors (Lipinski definition) is 0. The molecule has 0 radical (unpaired) electrons. The van der Waals surface area contributed by atoms with Gasteiger partial charge in [0.1, 0.15) is 0 Å². The number of ether oxygens (including phenoxy) is 1. The predicted molar refractivity (Wildman–Crippen MR) is 40.9 cm³/mol. The van der Waals surface area contributed by atoms with Crippen molar-refractivity contribution >= 4 is 27.7 Å². The molecular formula is C5H9BrOS. The molecule has 1 nitrogen and oxygen atoms in total. The molecule has 3 heteroatoms. The molecule has 0 aromatic carbocycles. The standard InChI is InChI=1S/C5H9BrOS/c6-3-5-4-8-2-1-7-5/h5H,1-4H2. The number of halogens is 1. The van der Waals surface area contributed by atoms with Crippen molar-refractivity contribution in [2.75, 3.05) is 23.4 Å². The first-order valence-corrected chi connectivity index (χ1v) is 4.96. The van der Waals surface area contributed by atoms with Gasteiger partial charge in [0, 0.05) is 16.8 Å². The van der Waals surface area contributed by atoms with Crippen LogP contribution in [0.5, 0.6) is 0 Å². The van der Waals surface area contributed by atoms with E-state index in [9.17, 15) is 0 Å². The first kappa shape index (κ1) is 6.90. The summed E-state index contributed by atoms with van der Waals surface area (Å²) < 4.78 is 5.36. The van der Waals surface area contributed by atoms with Crippen LogP contribution in [0.1, 0.15) is 0 Å². The summed E-state index contributed by atoms with van der Waals surface area (Å²) in [5.41, 5.74) is 0. The van der Waals surface area contributed by atoms with E-state index in [0.717, 1.165) is 17.7 Å². The van der Waals surface area contributed by atoms with Gasteiger partial charge in [-0.05, 0) is 0 Å². The molecule has 1 aliphatic heterocycles. The minimum absolute atomic E-state index is 0.466. The zero-order valence-corrected chi connectivity index (χ0v) is 7.00. The SMILES string of the molecule is BrCC1CSCCO1. The van der Waals surface area contributed by atoms with Gasteiger partial charge in [0.2, 0.25) is 0 Å². The predicted octanol–water partition coefficient (Wildman–Crippen LogP) is 1.51. The van der Waals surface area contributed by atoms with Crippen molar-refractivity contribution in [3.05, 3.63) is 0 Å². The van der Waals surface area contributed by atoms with Crippen LogP contribution in [-0.2, 0) is 4.74 Å². The van der Waals surface area contributed by atoms with Crippen LogP contribution in [-0.4, -0.2) is 29.5 Å². The summed E-state index contributed by atoms with van der Waals surface area (Å²) in [6, 6.07) is 0. The van der Waals surface area contributed by atoms with E-state index in [0.29, 0.717) is 6.10 Å². The van der Waals surface area contributed by atoms with Crippen molar-refractivity contribution in [1.29, 1.82) is 0 Å². The average molecular weight is 197 g/mol. The third-order valence-corrected chi connectivity index (χ3v) is 2.84. The summed E-state index contributed by atoms with van der Waals surface area (Å²) >= 11 is 5.35. The minimum Gasteiger partial charge on any atom is -0.376 e. The van der Waals surface area contributed by atoms with Gasteiger partial charge in [0.05, 0.1) is 12.7 Å². The lowest BCUT2D eigenvalue weighted by molar-refractivity contribution is 0.0932. The van der Waals surface area contributed by atoms with Crippen LogP contribution in [0.4, 0.5) is 0 Å². The normalized spacial score (nSPS) is 30.4. The molecule has 48 valence electrons. The molecule has 1 heterocycles. The minimum atomic E-state index is 0.466. The zero-order chi connectivity index (χ0) is 5.82. The van der Waals surface area contributed by atoms with Crippen LogP contribution < -0.4 is 0 Å². The van der Waals surface area contributed by atoms with E-state index in [-0.39, 0.29) is 0 Å². The molecule has 1 unspecified atom stereocenters. The lowest BCUT2D eigenvalue weighted by Gasteiger charge is -2.19. The topological polar surface area (TPSA) is 9.23 Å². The van der Waals surface area contributed by atoms with Crippen molar-refractivity contribution in [3.8, 4) is 0 Å². The molecule has 0 bridgehead atoms. The Labute approximate surface area is 62.3 Å². The molecule has 0 aliphatic carbocycles. The average Bonchev–Trinajstić information content (AvgIpc) is 1.90. The Kier molecular flexibility index (Phi) is 3.23. The van der Waals surface area contributed by atoms with E-state index in [1.54, 1.807) is 0 Å². The van der Waals surface area contributed by atoms with Crippen LogP contribution in [0.3, 0.4) is 0 Å². The summed E-state index contributed by atoms with van der Waals surface area (Å²) in [6.07, 6.45) is 0.466. The lowest BCUT2D eigenvalue weighted by Crippen LogP contribution is -2.23. The fourth-order valence-corrected chi connectivity index (χ4v) is 2.20. The fraction of sp³-hybridized carbons (Fsp3) is 1.00. The summed E-state index contributed by atoms with van der Waals surface area (Å²) in [5.74, 6) is 2.33. The Morgan fingerprint density at radius 1 is 1.75 bits per heavy atom. The molecule has 1 rings (SSSR count). The van der Waals surface area contributed by atoms with E-state index in [4.69, 9.17) is 4.74 Å². The Bertz CT molecular complexity index is 63.4. The molecular weight excluding hydrogens is 188 g/mol. The molecule has 0 N–H and O–H groups in total. The Morgan fingerprint density at radius 3 is 3.00 bits per heavy atom. The third kappa shape index (κ3) is 1.96. The van der Waals surface area contributed by atoms with Crippen LogP contribution in [0.2, 0.25) is 0 Å². The molecule has 1 fully saturated rings. The highest BCUT2D eigenvalue weighted by Crippen LogP contribution is 2.13. The van der Waals surface area contributed by atoms with E-state index < -0.39 is 0 Å². The van der Waals surface area contributed by atoms with E-state index >= 15 is 0 Å². The number of rotatable bonds is 1. The largest absolute Gasteiger partial charge is 0.376 e. The number of alkyl halides is 1. The molecule has 1 atom stereocenters. The van der Waals surface area contributed by atoms with Crippen molar-refractivity contribution < 1.29 is 4.74 Å². The van der Waals surface area contributed by atoms with Gasteiger partial charge >= 0.3 is 0 Å². The van der Waals surface area contributed by atoms with Gasteiger partial charge < -0.3 is 4.74 Å². The van der Waals surface area contributed by atoms with Gasteiger partial charge in [-0.25, -0.2) is 0 Å². The first-order valence-electron chi connectivity index (χ1n) is 2.69. The second kappa shape index (κ2) is 3.75. The summed E-state index contributed by atoms with van der Waals surface area (Å²) in [4.78, 5) is 0. The van der Waals surface area contributed by atoms with E-state index in [2.05, 4.69) is 15.9 Å². The van der Waals surface area contributed by atoms with E-state index in [1.807, 2.05) is 11.8 Å². The maximum Gasteiger partial charge on any atom is 0.0762 e. The van der Waals surface area contributed by atoms with Crippen LogP contribution in [0.25, 0.3) is 0 Å². The summed E-state index contributed by atoms with van der Waals surface area (Å²) in [5, 5.41) is 0.986. The van der Waals surface area contributed by atoms with Crippen molar-refractivity contribution in [1.82, 2.24) is 0 Å². The monoisotopic (exact) mass is 196 g/mol. The second-order valence-electron chi connectivity index (χ2n) is 1.72. The van der Waals surface area contributed by atoms with Gasteiger partial charge in [-0.2, -0.15) is 11.8 Å². The van der Waals surface area contributed by atoms with Gasteiger partial charge in [0.25, 0.3) is 0 Å². The fourth-order valence-electron chi connectivity index (χ4n) is 0.626. The highest BCUT2D eigenvalue weighted by Gasteiger charge is 2.11. The zero-order valence-electron chi connectivity index (χ0n) is 4.60. The Balaban J connectivity index is 2.13. The van der Waals surface area contributed by atoms with Gasteiger partial charge in [-0.15, -0.1) is 0 Å². The van der Waals surface area contributed by atoms with Gasteiger partial charge in [-0.1, -0.05) is 15.9 Å². The molecule has 0 aromatic heterocycles. The van der Waals surface area contributed by atoms with Crippen molar-refractivity contribution in [2.24, 2.45) is 0 Å². The highest BCUT2D eigenvalue weighted by atomic mass is 79.9. The van der Waals surface area contributed by atoms with Crippen LogP contribution in [0.15, 0.2) is 0 Å². The Morgan fingerprint density at radius 2 is 2.62 bits per heavy atom. The maximum atomic E-state index is 5.36. The van der Waals surface area contributed by atoms with Gasteiger partial charge in [-0.3, -0.25) is 0 Å². The summed E-state index contributed by atoms with van der Waals surface area (Å²) in [7, 11) is 0. The van der Waals surface area contributed by atoms with Crippen LogP contribution in [0, 0.1) is 0 Å². The van der Waals surface area contributed by atoms with Crippen molar-refractivity contribution in [3.63, 3.8) is 0 Å². The molecule has 0 aromatic rings. The third-order valence-electron chi connectivity index (χ3n) is 1.06. The molecule has 1 aliphatic rings. The molecule has 0 saturated carbocycles. The van der Waals surface area contributed by atoms with E-state index in [1.165, 1.54) is 5.75 Å². The lowest BCUT2D eigenvalue weighted by atomic mass is 10.5. The molecule has 8 heavy (non-hydrogen) atoms. The van der Waals surface area contributed by atoms with Gasteiger partial charge in [0.15, 0.2) is 0 Å². The maximum absolute atomic E-state index is 5.36. The number of thioether (sulfide) groups is 1.